The van der Waals surface area contributed by atoms with Gasteiger partial charge in [0.05, 0.1) is 0 Å². The minimum atomic E-state index is -0.282. The topological polar surface area (TPSA) is 9.23 Å². The van der Waals surface area contributed by atoms with Gasteiger partial charge in [-0.05, 0) is 29.3 Å². The van der Waals surface area contributed by atoms with Gasteiger partial charge in [-0.3, -0.25) is 0 Å². The number of hydrogen-bond donors (Lipinski definition) is 0. The molecule has 0 saturated carbocycles. The Morgan fingerprint density at radius 3 is 2.20 bits per heavy atom. The second kappa shape index (κ2) is 4.60. The third-order valence-electron chi connectivity index (χ3n) is 4.26. The van der Waals surface area contributed by atoms with E-state index in [9.17, 15) is 0 Å². The summed E-state index contributed by atoms with van der Waals surface area (Å²) in [6.07, 6.45) is 0.975. The van der Waals surface area contributed by atoms with Gasteiger partial charge in [0.25, 0.3) is 0 Å². The lowest BCUT2D eigenvalue weighted by Crippen LogP contribution is -2.43. The van der Waals surface area contributed by atoms with Crippen molar-refractivity contribution in [2.24, 2.45) is 0 Å². The number of fused-ring (bicyclic) bond motifs is 1. The molecule has 0 spiro atoms. The average Bonchev–Trinajstić information content (AvgIpc) is 2.38. The van der Waals surface area contributed by atoms with Gasteiger partial charge in [-0.25, -0.2) is 0 Å². The predicted molar refractivity (Wildman–Crippen MR) is 87.9 cm³/mol. The minimum Gasteiger partial charge on any atom is -0.483 e. The first-order valence-corrected chi connectivity index (χ1v) is 7.64. The summed E-state index contributed by atoms with van der Waals surface area (Å²) in [5.41, 5.74) is 2.39. The molecule has 1 aliphatic heterocycles. The van der Waals surface area contributed by atoms with Crippen LogP contribution in [-0.4, -0.2) is 0 Å². The maximum atomic E-state index is 6.41. The maximum Gasteiger partial charge on any atom is 0.133 e. The summed E-state index contributed by atoms with van der Waals surface area (Å²) < 4.78 is 6.41. The molecule has 2 aromatic carbocycles. The van der Waals surface area contributed by atoms with Crippen LogP contribution in [0.25, 0.3) is 0 Å². The molecule has 0 aliphatic carbocycles. The lowest BCUT2D eigenvalue weighted by atomic mass is 9.71. The Morgan fingerprint density at radius 1 is 0.900 bits per heavy atom. The van der Waals surface area contributed by atoms with E-state index in [1.807, 2.05) is 6.07 Å². The van der Waals surface area contributed by atoms with E-state index in [-0.39, 0.29) is 11.0 Å². The molecule has 0 saturated heterocycles. The van der Waals surface area contributed by atoms with E-state index in [1.54, 1.807) is 0 Å². The van der Waals surface area contributed by atoms with Crippen molar-refractivity contribution in [3.05, 3.63) is 59.7 Å². The molecule has 2 unspecified atom stereocenters. The number of rotatable bonds is 1. The normalized spacial score (nSPS) is 23.8. The molecule has 0 amide bonds. The zero-order valence-corrected chi connectivity index (χ0v) is 13.5. The third kappa shape index (κ3) is 2.15. The summed E-state index contributed by atoms with van der Waals surface area (Å²) in [6.45, 7) is 6.81. The van der Waals surface area contributed by atoms with E-state index in [0.29, 0.717) is 0 Å². The molecule has 2 atom stereocenters. The Balaban J connectivity index is 2.13. The van der Waals surface area contributed by atoms with Gasteiger partial charge in [0.2, 0.25) is 0 Å². The van der Waals surface area contributed by atoms with E-state index < -0.39 is 0 Å². The van der Waals surface area contributed by atoms with Gasteiger partial charge in [0.15, 0.2) is 0 Å². The molecule has 2 aromatic rings. The van der Waals surface area contributed by atoms with Crippen LogP contribution in [0.5, 0.6) is 5.75 Å². The Labute approximate surface area is 123 Å². The van der Waals surface area contributed by atoms with Crippen molar-refractivity contribution >= 4 is 14.5 Å². The number of benzene rings is 2. The van der Waals surface area contributed by atoms with Gasteiger partial charge in [-0.15, -0.1) is 9.24 Å². The molecule has 0 radical (unpaired) electrons. The van der Waals surface area contributed by atoms with Gasteiger partial charge in [-0.2, -0.15) is 0 Å². The van der Waals surface area contributed by atoms with Gasteiger partial charge in [-0.1, -0.05) is 56.3 Å². The highest BCUT2D eigenvalue weighted by atomic mass is 31.0. The minimum absolute atomic E-state index is 0.108. The van der Waals surface area contributed by atoms with Gasteiger partial charge in [0.1, 0.15) is 11.4 Å². The first kappa shape index (κ1) is 13.6. The molecule has 2 heteroatoms. The SMILES string of the molecule is CC1(C)CC(C)(c2ccccc2P)Oc2ccccc21. The van der Waals surface area contributed by atoms with E-state index in [2.05, 4.69) is 72.5 Å². The Bertz CT molecular complexity index is 647. The highest BCUT2D eigenvalue weighted by Crippen LogP contribution is 2.48. The first-order valence-electron chi connectivity index (χ1n) is 7.06. The summed E-state index contributed by atoms with van der Waals surface area (Å²) in [6, 6.07) is 16.9. The van der Waals surface area contributed by atoms with Crippen LogP contribution in [0, 0.1) is 0 Å². The molecule has 3 rings (SSSR count). The Hall–Kier alpha value is -1.33. The van der Waals surface area contributed by atoms with Crippen molar-refractivity contribution in [3.63, 3.8) is 0 Å². The Morgan fingerprint density at radius 2 is 1.50 bits per heavy atom. The zero-order chi connectivity index (χ0) is 14.4. The smallest absolute Gasteiger partial charge is 0.133 e. The van der Waals surface area contributed by atoms with Crippen molar-refractivity contribution in [3.8, 4) is 5.75 Å². The van der Waals surface area contributed by atoms with Crippen molar-refractivity contribution in [1.29, 1.82) is 0 Å². The molecule has 1 aliphatic rings. The fourth-order valence-corrected chi connectivity index (χ4v) is 3.97. The highest BCUT2D eigenvalue weighted by molar-refractivity contribution is 7.27. The highest BCUT2D eigenvalue weighted by Gasteiger charge is 2.43. The third-order valence-corrected chi connectivity index (χ3v) is 4.76. The molecular formula is C18H21OP. The van der Waals surface area contributed by atoms with E-state index >= 15 is 0 Å². The van der Waals surface area contributed by atoms with Crippen LogP contribution in [-0.2, 0) is 11.0 Å². The second-order valence-corrected chi connectivity index (χ2v) is 7.10. The van der Waals surface area contributed by atoms with E-state index in [1.165, 1.54) is 16.4 Å². The second-order valence-electron chi connectivity index (χ2n) is 6.48. The molecule has 104 valence electrons. The van der Waals surface area contributed by atoms with Crippen LogP contribution in [0.15, 0.2) is 48.5 Å². The zero-order valence-electron chi connectivity index (χ0n) is 12.3. The number of ether oxygens (including phenoxy) is 1. The first-order chi connectivity index (χ1) is 9.42. The summed E-state index contributed by atoms with van der Waals surface area (Å²) in [4.78, 5) is 0. The predicted octanol–water partition coefficient (Wildman–Crippen LogP) is 4.16. The Kier molecular flexibility index (Phi) is 3.14. The summed E-state index contributed by atoms with van der Waals surface area (Å²) in [5.74, 6) is 1.01. The lowest BCUT2D eigenvalue weighted by molar-refractivity contribution is 0.0334. The number of hydrogen-bond acceptors (Lipinski definition) is 1. The molecule has 1 heterocycles. The van der Waals surface area contributed by atoms with Gasteiger partial charge in [0, 0.05) is 12.0 Å². The molecule has 0 N–H and O–H groups in total. The molecule has 1 nitrogen and oxygen atoms in total. The standard InChI is InChI=1S/C18H21OP/c1-17(2)12-18(3,14-9-5-7-11-16(14)20)19-15-10-6-4-8-13(15)17/h4-11H,12,20H2,1-3H3. The molecular weight excluding hydrogens is 263 g/mol. The van der Waals surface area contributed by atoms with Crippen molar-refractivity contribution in [1.82, 2.24) is 0 Å². The molecule has 0 bridgehead atoms. The van der Waals surface area contributed by atoms with Crippen LogP contribution >= 0.6 is 9.24 Å². The monoisotopic (exact) mass is 284 g/mol. The molecule has 20 heavy (non-hydrogen) atoms. The quantitative estimate of drug-likeness (QED) is 0.714. The molecule has 0 fully saturated rings. The molecule has 0 aromatic heterocycles. The fourth-order valence-electron chi connectivity index (χ4n) is 3.46. The van der Waals surface area contributed by atoms with Crippen LogP contribution < -0.4 is 10.0 Å². The van der Waals surface area contributed by atoms with Crippen LogP contribution in [0.2, 0.25) is 0 Å². The summed E-state index contributed by atoms with van der Waals surface area (Å²) >= 11 is 0. The van der Waals surface area contributed by atoms with E-state index in [4.69, 9.17) is 4.74 Å². The van der Waals surface area contributed by atoms with E-state index in [0.717, 1.165) is 12.2 Å². The van der Waals surface area contributed by atoms with Gasteiger partial charge < -0.3 is 4.74 Å². The number of para-hydroxylation sites is 1. The van der Waals surface area contributed by atoms with Crippen LogP contribution in [0.3, 0.4) is 0 Å². The summed E-state index contributed by atoms with van der Waals surface area (Å²) in [7, 11) is 2.83. The fraction of sp³-hybridized carbons (Fsp3) is 0.333. The van der Waals surface area contributed by atoms with Crippen molar-refractivity contribution in [2.75, 3.05) is 0 Å². The largest absolute Gasteiger partial charge is 0.483 e. The van der Waals surface area contributed by atoms with Crippen molar-refractivity contribution < 1.29 is 4.74 Å². The average molecular weight is 284 g/mol. The summed E-state index contributed by atoms with van der Waals surface area (Å²) in [5, 5.41) is 1.21. The van der Waals surface area contributed by atoms with Crippen LogP contribution in [0.4, 0.5) is 0 Å². The van der Waals surface area contributed by atoms with Crippen LogP contribution in [0.1, 0.15) is 38.3 Å². The maximum absolute atomic E-state index is 6.41. The lowest BCUT2D eigenvalue weighted by Gasteiger charge is -2.45. The van der Waals surface area contributed by atoms with Crippen molar-refractivity contribution in [2.45, 2.75) is 38.2 Å². The van der Waals surface area contributed by atoms with Gasteiger partial charge >= 0.3 is 0 Å².